The van der Waals surface area contributed by atoms with E-state index in [9.17, 15) is 18.0 Å². The van der Waals surface area contributed by atoms with Crippen LogP contribution in [0, 0.1) is 0 Å². The van der Waals surface area contributed by atoms with E-state index in [1.165, 1.54) is 16.9 Å². The van der Waals surface area contributed by atoms with Gasteiger partial charge in [0, 0.05) is 5.39 Å². The summed E-state index contributed by atoms with van der Waals surface area (Å²) < 4.78 is 38.8. The van der Waals surface area contributed by atoms with Crippen LogP contribution in [-0.2, 0) is 6.18 Å². The monoisotopic (exact) mass is 256 g/mol. The first-order valence-corrected chi connectivity index (χ1v) is 5.39. The summed E-state index contributed by atoms with van der Waals surface area (Å²) in [7, 11) is 0. The number of hydrogen-bond donors (Lipinski definition) is 0. The van der Waals surface area contributed by atoms with Crippen LogP contribution in [0.1, 0.15) is 25.5 Å². The Hall–Kier alpha value is -1.85. The molecule has 0 atom stereocenters. The number of hydrogen-bond acceptors (Lipinski definition) is 2. The molecule has 0 bridgehead atoms. The molecule has 18 heavy (non-hydrogen) atoms. The number of fused-ring (bicyclic) bond motifs is 1. The van der Waals surface area contributed by atoms with Crippen LogP contribution >= 0.6 is 0 Å². The molecule has 0 fully saturated rings. The predicted octanol–water partition coefficient (Wildman–Crippen LogP) is 3.00. The first-order chi connectivity index (χ1) is 8.30. The molecule has 2 aromatic rings. The molecule has 6 heteroatoms. The minimum absolute atomic E-state index is 0.135. The number of nitrogens with zero attached hydrogens (tertiary/aromatic N) is 2. The summed E-state index contributed by atoms with van der Waals surface area (Å²) in [6.07, 6.45) is -3.13. The molecule has 0 spiro atoms. The molecule has 0 saturated heterocycles. The van der Waals surface area contributed by atoms with Crippen LogP contribution in [0.2, 0.25) is 0 Å². The van der Waals surface area contributed by atoms with Crippen LogP contribution in [0.5, 0.6) is 0 Å². The van der Waals surface area contributed by atoms with Crippen molar-refractivity contribution < 1.29 is 13.2 Å². The van der Waals surface area contributed by atoms with Crippen molar-refractivity contribution in [3.8, 4) is 0 Å². The van der Waals surface area contributed by atoms with Crippen LogP contribution in [0.15, 0.2) is 29.2 Å². The molecular weight excluding hydrogens is 245 g/mol. The molecule has 0 aliphatic rings. The predicted molar refractivity (Wildman–Crippen MR) is 61.4 cm³/mol. The Balaban J connectivity index is 2.69. The maximum Gasteiger partial charge on any atom is 0.416 e. The van der Waals surface area contributed by atoms with Gasteiger partial charge in [-0.25, -0.2) is 4.68 Å². The summed E-state index contributed by atoms with van der Waals surface area (Å²) in [6.45, 7) is 3.56. The molecular formula is C12H11F3N2O. The maximum absolute atomic E-state index is 12.5. The Morgan fingerprint density at radius 3 is 2.50 bits per heavy atom. The molecule has 0 unspecified atom stereocenters. The SMILES string of the molecule is CC(C)n1ncc2cc(C(F)(F)F)ccc2c1=O. The Morgan fingerprint density at radius 2 is 1.94 bits per heavy atom. The van der Waals surface area contributed by atoms with Gasteiger partial charge >= 0.3 is 6.18 Å². The summed E-state index contributed by atoms with van der Waals surface area (Å²) >= 11 is 0. The normalized spacial score (nSPS) is 12.3. The second-order valence-corrected chi connectivity index (χ2v) is 4.29. The summed E-state index contributed by atoms with van der Waals surface area (Å²) in [5.74, 6) is 0. The van der Waals surface area contributed by atoms with Crippen molar-refractivity contribution in [3.63, 3.8) is 0 Å². The van der Waals surface area contributed by atoms with Crippen molar-refractivity contribution in [1.82, 2.24) is 9.78 Å². The van der Waals surface area contributed by atoms with Gasteiger partial charge in [-0.2, -0.15) is 18.3 Å². The summed E-state index contributed by atoms with van der Waals surface area (Å²) in [5, 5.41) is 4.31. The second kappa shape index (κ2) is 4.12. The molecule has 0 saturated carbocycles. The Morgan fingerprint density at radius 1 is 1.28 bits per heavy atom. The van der Waals surface area contributed by atoms with Gasteiger partial charge in [-0.1, -0.05) is 0 Å². The fourth-order valence-electron chi connectivity index (χ4n) is 1.71. The van der Waals surface area contributed by atoms with E-state index in [-0.39, 0.29) is 22.4 Å². The Bertz CT molecular complexity index is 644. The molecule has 0 radical (unpaired) electrons. The smallest absolute Gasteiger partial charge is 0.267 e. The van der Waals surface area contributed by atoms with Crippen molar-refractivity contribution in [1.29, 1.82) is 0 Å². The van der Waals surface area contributed by atoms with Crippen LogP contribution in [-0.4, -0.2) is 9.78 Å². The van der Waals surface area contributed by atoms with E-state index in [1.54, 1.807) is 13.8 Å². The second-order valence-electron chi connectivity index (χ2n) is 4.29. The summed E-state index contributed by atoms with van der Waals surface area (Å²) in [5.41, 5.74) is -1.16. The largest absolute Gasteiger partial charge is 0.416 e. The lowest BCUT2D eigenvalue weighted by Gasteiger charge is -2.10. The molecule has 0 aliphatic heterocycles. The van der Waals surface area contributed by atoms with Crippen LogP contribution in [0.4, 0.5) is 13.2 Å². The highest BCUT2D eigenvalue weighted by molar-refractivity contribution is 5.81. The Labute approximate surface area is 101 Å². The van der Waals surface area contributed by atoms with Gasteiger partial charge in [0.05, 0.1) is 23.2 Å². The first-order valence-electron chi connectivity index (χ1n) is 5.39. The van der Waals surface area contributed by atoms with Gasteiger partial charge in [-0.05, 0) is 32.0 Å². The number of rotatable bonds is 1. The highest BCUT2D eigenvalue weighted by Crippen LogP contribution is 2.30. The maximum atomic E-state index is 12.5. The van der Waals surface area contributed by atoms with Gasteiger partial charge in [0.15, 0.2) is 0 Å². The van der Waals surface area contributed by atoms with E-state index in [1.807, 2.05) is 0 Å². The number of benzene rings is 1. The van der Waals surface area contributed by atoms with Gasteiger partial charge < -0.3 is 0 Å². The van der Waals surface area contributed by atoms with E-state index in [0.29, 0.717) is 0 Å². The molecule has 0 amide bonds. The van der Waals surface area contributed by atoms with Crippen LogP contribution in [0.25, 0.3) is 10.8 Å². The summed E-state index contributed by atoms with van der Waals surface area (Å²) in [6, 6.07) is 2.91. The number of alkyl halides is 3. The lowest BCUT2D eigenvalue weighted by atomic mass is 10.1. The van der Waals surface area contributed by atoms with E-state index in [4.69, 9.17) is 0 Å². The van der Waals surface area contributed by atoms with Gasteiger partial charge in [0.25, 0.3) is 5.56 Å². The molecule has 1 heterocycles. The van der Waals surface area contributed by atoms with E-state index >= 15 is 0 Å². The van der Waals surface area contributed by atoms with Gasteiger partial charge in [-0.15, -0.1) is 0 Å². The van der Waals surface area contributed by atoms with E-state index in [0.717, 1.165) is 12.1 Å². The standard InChI is InChI=1S/C12H11F3N2O/c1-7(2)17-11(18)10-4-3-9(12(13,14)15)5-8(10)6-16-17/h3-7H,1-2H3. The lowest BCUT2D eigenvalue weighted by Crippen LogP contribution is -2.24. The van der Waals surface area contributed by atoms with Crippen LogP contribution in [0.3, 0.4) is 0 Å². The topological polar surface area (TPSA) is 34.9 Å². The van der Waals surface area contributed by atoms with Crippen molar-refractivity contribution in [2.24, 2.45) is 0 Å². The number of aromatic nitrogens is 2. The third-order valence-corrected chi connectivity index (χ3v) is 2.63. The van der Waals surface area contributed by atoms with Crippen molar-refractivity contribution in [3.05, 3.63) is 40.3 Å². The van der Waals surface area contributed by atoms with Crippen LogP contribution < -0.4 is 5.56 Å². The Kier molecular flexibility index (Phi) is 2.88. The third-order valence-electron chi connectivity index (χ3n) is 2.63. The molecule has 0 N–H and O–H groups in total. The fourth-order valence-corrected chi connectivity index (χ4v) is 1.71. The summed E-state index contributed by atoms with van der Waals surface area (Å²) in [4.78, 5) is 12.0. The zero-order valence-electron chi connectivity index (χ0n) is 9.82. The zero-order valence-corrected chi connectivity index (χ0v) is 9.82. The van der Waals surface area contributed by atoms with Gasteiger partial charge in [0.1, 0.15) is 0 Å². The zero-order chi connectivity index (χ0) is 13.5. The number of halogens is 3. The van der Waals surface area contributed by atoms with Crippen molar-refractivity contribution >= 4 is 10.8 Å². The van der Waals surface area contributed by atoms with E-state index < -0.39 is 11.7 Å². The molecule has 1 aromatic carbocycles. The molecule has 1 aromatic heterocycles. The third kappa shape index (κ3) is 2.10. The fraction of sp³-hybridized carbons (Fsp3) is 0.333. The molecule has 3 nitrogen and oxygen atoms in total. The van der Waals surface area contributed by atoms with Crippen molar-refractivity contribution in [2.45, 2.75) is 26.1 Å². The minimum Gasteiger partial charge on any atom is -0.267 e. The van der Waals surface area contributed by atoms with Crippen molar-refractivity contribution in [2.75, 3.05) is 0 Å². The average Bonchev–Trinajstić information content (AvgIpc) is 2.27. The lowest BCUT2D eigenvalue weighted by molar-refractivity contribution is -0.137. The minimum atomic E-state index is -4.42. The quantitative estimate of drug-likeness (QED) is 0.786. The van der Waals surface area contributed by atoms with E-state index in [2.05, 4.69) is 5.10 Å². The van der Waals surface area contributed by atoms with Gasteiger partial charge in [0.2, 0.25) is 0 Å². The van der Waals surface area contributed by atoms with Gasteiger partial charge in [-0.3, -0.25) is 4.79 Å². The highest BCUT2D eigenvalue weighted by Gasteiger charge is 2.30. The molecule has 0 aliphatic carbocycles. The first kappa shape index (κ1) is 12.6. The average molecular weight is 256 g/mol. The molecule has 2 rings (SSSR count). The highest BCUT2D eigenvalue weighted by atomic mass is 19.4. The molecule has 96 valence electrons.